The molecule has 1 saturated heterocycles. The first-order chi connectivity index (χ1) is 17.8. The fraction of sp³-hybridized carbons (Fsp3) is 0.286. The minimum Gasteiger partial charge on any atom is -0.334 e. The monoisotopic (exact) mass is 574 g/mol. The largest absolute Gasteiger partial charge is 0.334 e. The molecule has 192 valence electrons. The molecule has 2 aliphatic rings. The van der Waals surface area contributed by atoms with E-state index in [2.05, 4.69) is 27.4 Å². The van der Waals surface area contributed by atoms with Crippen LogP contribution in [0.25, 0.3) is 6.08 Å². The van der Waals surface area contributed by atoms with Crippen LogP contribution >= 0.6 is 46.4 Å². The molecule has 0 bridgehead atoms. The van der Waals surface area contributed by atoms with Gasteiger partial charge in [0.15, 0.2) is 0 Å². The van der Waals surface area contributed by atoms with Crippen LogP contribution in [0.3, 0.4) is 0 Å². The van der Waals surface area contributed by atoms with Crippen molar-refractivity contribution >= 4 is 64.2 Å². The molecule has 3 aromatic rings. The Labute approximate surface area is 237 Å². The fourth-order valence-corrected chi connectivity index (χ4v) is 6.07. The Kier molecular flexibility index (Phi) is 7.99. The van der Waals surface area contributed by atoms with Crippen LogP contribution in [0.2, 0.25) is 20.2 Å². The Morgan fingerprint density at radius 1 is 1.03 bits per heavy atom. The molecule has 1 aromatic heterocycles. The van der Waals surface area contributed by atoms with Gasteiger partial charge in [-0.2, -0.15) is 0 Å². The van der Waals surface area contributed by atoms with Gasteiger partial charge in [0.1, 0.15) is 5.15 Å². The van der Waals surface area contributed by atoms with E-state index in [9.17, 15) is 4.79 Å². The van der Waals surface area contributed by atoms with E-state index in [1.54, 1.807) is 23.2 Å². The van der Waals surface area contributed by atoms with Gasteiger partial charge in [-0.15, -0.1) is 0 Å². The summed E-state index contributed by atoms with van der Waals surface area (Å²) in [6.45, 7) is 3.58. The highest BCUT2D eigenvalue weighted by molar-refractivity contribution is 6.43. The number of anilines is 1. The average Bonchev–Trinajstić information content (AvgIpc) is 3.21. The third-order valence-electron chi connectivity index (χ3n) is 7.19. The van der Waals surface area contributed by atoms with Crippen LogP contribution in [0.15, 0.2) is 60.8 Å². The zero-order valence-corrected chi connectivity index (χ0v) is 23.1. The Hall–Kier alpha value is -2.28. The van der Waals surface area contributed by atoms with Gasteiger partial charge in [-0.25, -0.2) is 9.78 Å². The molecule has 0 saturated carbocycles. The number of carbonyl (C=O) groups is 1. The third kappa shape index (κ3) is 5.76. The summed E-state index contributed by atoms with van der Waals surface area (Å²) in [5.41, 5.74) is 3.59. The molecule has 3 heterocycles. The second-order valence-corrected chi connectivity index (χ2v) is 11.1. The van der Waals surface area contributed by atoms with E-state index in [-0.39, 0.29) is 11.4 Å². The number of hydrogen-bond donors (Lipinski definition) is 1. The molecule has 1 N–H and O–H groups in total. The topological polar surface area (TPSA) is 48.5 Å². The lowest BCUT2D eigenvalue weighted by molar-refractivity contribution is 0.180. The number of benzene rings is 2. The Balaban J connectivity index is 1.28. The van der Waals surface area contributed by atoms with Gasteiger partial charge < -0.3 is 5.32 Å². The Bertz CT molecular complexity index is 1320. The predicted octanol–water partition coefficient (Wildman–Crippen LogP) is 7.47. The van der Waals surface area contributed by atoms with Crippen LogP contribution < -0.4 is 10.2 Å². The second kappa shape index (κ2) is 11.2. The molecule has 1 spiro atoms. The highest BCUT2D eigenvalue weighted by Gasteiger charge is 2.48. The molecule has 9 heteroatoms. The summed E-state index contributed by atoms with van der Waals surface area (Å²) in [6.07, 6.45) is 7.70. The molecular weight excluding hydrogens is 550 g/mol. The van der Waals surface area contributed by atoms with Gasteiger partial charge in [-0.1, -0.05) is 70.7 Å². The summed E-state index contributed by atoms with van der Waals surface area (Å²) in [5.74, 6) is 0. The van der Waals surface area contributed by atoms with E-state index in [4.69, 9.17) is 46.4 Å². The van der Waals surface area contributed by atoms with Crippen molar-refractivity contribution in [3.8, 4) is 0 Å². The molecule has 2 amide bonds. The van der Waals surface area contributed by atoms with Crippen LogP contribution in [0.4, 0.5) is 10.5 Å². The molecule has 5 nitrogen and oxygen atoms in total. The van der Waals surface area contributed by atoms with Gasteiger partial charge in [-0.05, 0) is 73.5 Å². The summed E-state index contributed by atoms with van der Waals surface area (Å²) in [6, 6.07) is 14.9. The van der Waals surface area contributed by atoms with Crippen LogP contribution in [-0.2, 0) is 12.0 Å². The van der Waals surface area contributed by atoms with Crippen LogP contribution in [0.5, 0.6) is 0 Å². The first-order valence-corrected chi connectivity index (χ1v) is 13.6. The van der Waals surface area contributed by atoms with E-state index in [1.165, 1.54) is 0 Å². The predicted molar refractivity (Wildman–Crippen MR) is 153 cm³/mol. The minimum absolute atomic E-state index is 0.169. The number of fused-ring (bicyclic) bond motifs is 2. The summed E-state index contributed by atoms with van der Waals surface area (Å²) in [5, 5.41) is 5.21. The normalized spacial score (nSPS) is 16.9. The van der Waals surface area contributed by atoms with Gasteiger partial charge in [0.05, 0.1) is 15.7 Å². The summed E-state index contributed by atoms with van der Waals surface area (Å²) in [7, 11) is 0. The highest BCUT2D eigenvalue weighted by atomic mass is 35.5. The molecular formula is C28H26Cl4N4O. The minimum atomic E-state index is -0.231. The van der Waals surface area contributed by atoms with Crippen molar-refractivity contribution < 1.29 is 4.79 Å². The number of halogens is 4. The van der Waals surface area contributed by atoms with E-state index in [0.717, 1.165) is 59.9 Å². The van der Waals surface area contributed by atoms with Gasteiger partial charge in [-0.3, -0.25) is 9.80 Å². The number of hydrogen-bond acceptors (Lipinski definition) is 3. The standard InChI is InChI=1S/C28H26Cl4N4O/c29-21-5-3-19(4-6-21)2-1-13-35-14-10-28(11-15-35)18-36(23-8-7-22(30)26(32)25(23)28)27(37)34-17-20-9-12-33-24(31)16-20/h1-9,12,16H,10-11,13-15,17-18H2,(H,34,37)/b2-1+. The van der Waals surface area contributed by atoms with Crippen LogP contribution in [0, 0.1) is 0 Å². The van der Waals surface area contributed by atoms with Gasteiger partial charge in [0, 0.05) is 41.8 Å². The maximum Gasteiger partial charge on any atom is 0.322 e. The fourth-order valence-electron chi connectivity index (χ4n) is 5.23. The number of pyridine rings is 1. The van der Waals surface area contributed by atoms with Gasteiger partial charge in [0.25, 0.3) is 0 Å². The van der Waals surface area contributed by atoms with Gasteiger partial charge >= 0.3 is 6.03 Å². The maximum absolute atomic E-state index is 13.3. The SMILES string of the molecule is O=C(NCc1ccnc(Cl)c1)N1CC2(CCN(C/C=C/c3ccc(Cl)cc3)CC2)c2c1ccc(Cl)c2Cl. The highest BCUT2D eigenvalue weighted by Crippen LogP contribution is 2.51. The summed E-state index contributed by atoms with van der Waals surface area (Å²) in [4.78, 5) is 21.5. The van der Waals surface area contributed by atoms with Crippen molar-refractivity contribution in [1.82, 2.24) is 15.2 Å². The van der Waals surface area contributed by atoms with E-state index in [1.807, 2.05) is 36.4 Å². The van der Waals surface area contributed by atoms with E-state index in [0.29, 0.717) is 28.3 Å². The lowest BCUT2D eigenvalue weighted by atomic mass is 9.74. The van der Waals surface area contributed by atoms with E-state index < -0.39 is 0 Å². The summed E-state index contributed by atoms with van der Waals surface area (Å²) < 4.78 is 0. The van der Waals surface area contributed by atoms with Crippen molar-refractivity contribution in [2.24, 2.45) is 0 Å². The third-order valence-corrected chi connectivity index (χ3v) is 8.45. The van der Waals surface area contributed by atoms with Gasteiger partial charge in [0.2, 0.25) is 0 Å². The molecule has 37 heavy (non-hydrogen) atoms. The number of rotatable bonds is 5. The average molecular weight is 576 g/mol. The molecule has 1 fully saturated rings. The molecule has 5 rings (SSSR count). The van der Waals surface area contributed by atoms with Crippen molar-refractivity contribution in [2.45, 2.75) is 24.8 Å². The zero-order chi connectivity index (χ0) is 26.0. The number of urea groups is 1. The molecule has 0 aliphatic carbocycles. The number of likely N-dealkylation sites (tertiary alicyclic amines) is 1. The zero-order valence-electron chi connectivity index (χ0n) is 20.1. The molecule has 0 atom stereocenters. The lowest BCUT2D eigenvalue weighted by Crippen LogP contribution is -2.47. The van der Waals surface area contributed by atoms with Crippen molar-refractivity contribution in [1.29, 1.82) is 0 Å². The second-order valence-electron chi connectivity index (χ2n) is 9.52. The molecule has 0 unspecified atom stereocenters. The van der Waals surface area contributed by atoms with Crippen molar-refractivity contribution in [3.05, 3.63) is 97.7 Å². The number of carbonyl (C=O) groups excluding carboxylic acids is 1. The van der Waals surface area contributed by atoms with Crippen LogP contribution in [-0.4, -0.2) is 42.1 Å². The first-order valence-electron chi connectivity index (χ1n) is 12.1. The number of piperidine rings is 1. The first kappa shape index (κ1) is 26.3. The quantitative estimate of drug-likeness (QED) is 0.321. The smallest absolute Gasteiger partial charge is 0.322 e. The number of aromatic nitrogens is 1. The van der Waals surface area contributed by atoms with Crippen molar-refractivity contribution in [2.75, 3.05) is 31.1 Å². The lowest BCUT2D eigenvalue weighted by Gasteiger charge is -2.39. The molecule has 2 aliphatic heterocycles. The van der Waals surface area contributed by atoms with E-state index >= 15 is 0 Å². The number of amides is 2. The summed E-state index contributed by atoms with van der Waals surface area (Å²) >= 11 is 25.2. The molecule has 0 radical (unpaired) electrons. The van der Waals surface area contributed by atoms with Crippen molar-refractivity contribution in [3.63, 3.8) is 0 Å². The maximum atomic E-state index is 13.3. The van der Waals surface area contributed by atoms with Crippen LogP contribution in [0.1, 0.15) is 29.5 Å². The number of nitrogens with one attached hydrogen (secondary N) is 1. The molecule has 2 aromatic carbocycles. The number of nitrogens with zero attached hydrogens (tertiary/aromatic N) is 3. The Morgan fingerprint density at radius 2 is 1.78 bits per heavy atom. The Morgan fingerprint density at radius 3 is 2.51 bits per heavy atom.